The minimum atomic E-state index is 0.0419. The second-order valence-electron chi connectivity index (χ2n) is 6.23. The van der Waals surface area contributed by atoms with Crippen molar-refractivity contribution in [2.75, 3.05) is 26.9 Å². The van der Waals surface area contributed by atoms with Crippen molar-refractivity contribution in [2.45, 2.75) is 13.0 Å². The Kier molecular flexibility index (Phi) is 5.79. The van der Waals surface area contributed by atoms with Gasteiger partial charge in [-0.1, -0.05) is 23.7 Å². The third kappa shape index (κ3) is 5.11. The molecule has 6 heteroatoms. The summed E-state index contributed by atoms with van der Waals surface area (Å²) in [5.41, 5.74) is 2.24. The zero-order valence-corrected chi connectivity index (χ0v) is 14.9. The van der Waals surface area contributed by atoms with Crippen molar-refractivity contribution in [3.63, 3.8) is 0 Å². The lowest BCUT2D eigenvalue weighted by molar-refractivity contribution is -0.885. The SMILES string of the molecule is C[NH+](CC(=O)NCCc1cccc(Cl)c1)Cc1ccc2c(c1)OCO2. The van der Waals surface area contributed by atoms with Crippen molar-refractivity contribution in [2.24, 2.45) is 0 Å². The van der Waals surface area contributed by atoms with E-state index in [0.29, 0.717) is 13.1 Å². The average molecular weight is 362 g/mol. The van der Waals surface area contributed by atoms with E-state index < -0.39 is 0 Å². The third-order valence-corrected chi connectivity index (χ3v) is 4.27. The number of likely N-dealkylation sites (N-methyl/N-ethyl adjacent to an activating group) is 1. The van der Waals surface area contributed by atoms with E-state index in [1.807, 2.05) is 49.5 Å². The predicted octanol–water partition coefficient (Wildman–Crippen LogP) is 1.44. The molecular weight excluding hydrogens is 340 g/mol. The van der Waals surface area contributed by atoms with Crippen LogP contribution in [0.25, 0.3) is 0 Å². The number of halogens is 1. The number of hydrogen-bond acceptors (Lipinski definition) is 3. The van der Waals surface area contributed by atoms with E-state index in [9.17, 15) is 4.79 Å². The molecule has 1 atom stereocenters. The van der Waals surface area contributed by atoms with Gasteiger partial charge in [0.25, 0.3) is 5.91 Å². The van der Waals surface area contributed by atoms with Crippen LogP contribution in [0.5, 0.6) is 11.5 Å². The Bertz CT molecular complexity index is 751. The van der Waals surface area contributed by atoms with Gasteiger partial charge in [0.15, 0.2) is 18.0 Å². The fourth-order valence-corrected chi connectivity index (χ4v) is 3.05. The van der Waals surface area contributed by atoms with Crippen molar-refractivity contribution in [1.82, 2.24) is 5.32 Å². The smallest absolute Gasteiger partial charge is 0.275 e. The van der Waals surface area contributed by atoms with Crippen LogP contribution < -0.4 is 19.7 Å². The molecule has 132 valence electrons. The normalized spacial score (nSPS) is 13.5. The summed E-state index contributed by atoms with van der Waals surface area (Å²) in [7, 11) is 2.00. The average Bonchev–Trinajstić information content (AvgIpc) is 3.02. The summed E-state index contributed by atoms with van der Waals surface area (Å²) in [6.07, 6.45) is 0.771. The van der Waals surface area contributed by atoms with Crippen molar-refractivity contribution in [3.8, 4) is 11.5 Å². The van der Waals surface area contributed by atoms with Crippen LogP contribution in [0.4, 0.5) is 0 Å². The predicted molar refractivity (Wildman–Crippen MR) is 96.2 cm³/mol. The van der Waals surface area contributed by atoms with Crippen LogP contribution in [-0.4, -0.2) is 32.8 Å². The first-order valence-corrected chi connectivity index (χ1v) is 8.69. The Labute approximate surface area is 152 Å². The Morgan fingerprint density at radius 1 is 1.16 bits per heavy atom. The third-order valence-electron chi connectivity index (χ3n) is 4.03. The summed E-state index contributed by atoms with van der Waals surface area (Å²) in [6.45, 7) is 2.05. The number of benzene rings is 2. The molecule has 1 aliphatic heterocycles. The van der Waals surface area contributed by atoms with Gasteiger partial charge in [-0.15, -0.1) is 0 Å². The second-order valence-corrected chi connectivity index (χ2v) is 6.66. The van der Waals surface area contributed by atoms with Gasteiger partial charge >= 0.3 is 0 Å². The number of fused-ring (bicyclic) bond motifs is 1. The fourth-order valence-electron chi connectivity index (χ4n) is 2.84. The van der Waals surface area contributed by atoms with E-state index in [0.717, 1.165) is 45.5 Å². The summed E-state index contributed by atoms with van der Waals surface area (Å²) in [5, 5.41) is 3.68. The van der Waals surface area contributed by atoms with Crippen molar-refractivity contribution in [1.29, 1.82) is 0 Å². The second kappa shape index (κ2) is 8.23. The number of hydrogen-bond donors (Lipinski definition) is 2. The highest BCUT2D eigenvalue weighted by Gasteiger charge is 2.16. The maximum Gasteiger partial charge on any atom is 0.275 e. The fraction of sp³-hybridized carbons (Fsp3) is 0.316. The van der Waals surface area contributed by atoms with E-state index in [-0.39, 0.29) is 12.7 Å². The summed E-state index contributed by atoms with van der Waals surface area (Å²) < 4.78 is 10.7. The lowest BCUT2D eigenvalue weighted by atomic mass is 10.1. The van der Waals surface area contributed by atoms with E-state index >= 15 is 0 Å². The monoisotopic (exact) mass is 361 g/mol. The van der Waals surface area contributed by atoms with Gasteiger partial charge in [0.05, 0.1) is 7.05 Å². The molecular formula is C19H22ClN2O3+. The molecule has 0 saturated carbocycles. The molecule has 0 fully saturated rings. The quantitative estimate of drug-likeness (QED) is 0.784. The van der Waals surface area contributed by atoms with Gasteiger partial charge < -0.3 is 19.7 Å². The molecule has 0 aliphatic carbocycles. The Hall–Kier alpha value is -2.24. The molecule has 1 unspecified atom stereocenters. The Balaban J connectivity index is 1.41. The van der Waals surface area contributed by atoms with E-state index in [1.165, 1.54) is 0 Å². The molecule has 0 saturated heterocycles. The Morgan fingerprint density at radius 3 is 2.84 bits per heavy atom. The first-order chi connectivity index (χ1) is 12.1. The van der Waals surface area contributed by atoms with Crippen molar-refractivity contribution in [3.05, 3.63) is 58.6 Å². The molecule has 0 aromatic heterocycles. The van der Waals surface area contributed by atoms with Gasteiger partial charge in [-0.3, -0.25) is 4.79 Å². The molecule has 25 heavy (non-hydrogen) atoms. The molecule has 0 radical (unpaired) electrons. The first-order valence-electron chi connectivity index (χ1n) is 8.31. The molecule has 1 heterocycles. The van der Waals surface area contributed by atoms with Crippen molar-refractivity contribution >= 4 is 17.5 Å². The number of carbonyl (C=O) groups is 1. The van der Waals surface area contributed by atoms with Gasteiger partial charge in [-0.05, 0) is 42.3 Å². The van der Waals surface area contributed by atoms with E-state index in [2.05, 4.69) is 5.32 Å². The number of ether oxygens (including phenoxy) is 2. The highest BCUT2D eigenvalue weighted by atomic mass is 35.5. The minimum absolute atomic E-state index is 0.0419. The molecule has 2 aromatic carbocycles. The van der Waals surface area contributed by atoms with Gasteiger partial charge in [0.2, 0.25) is 6.79 Å². The lowest BCUT2D eigenvalue weighted by Gasteiger charge is -2.14. The van der Waals surface area contributed by atoms with Crippen LogP contribution >= 0.6 is 11.6 Å². The summed E-state index contributed by atoms with van der Waals surface area (Å²) in [6, 6.07) is 13.6. The molecule has 2 N–H and O–H groups in total. The highest BCUT2D eigenvalue weighted by molar-refractivity contribution is 6.30. The van der Waals surface area contributed by atoms with Crippen LogP contribution in [0.1, 0.15) is 11.1 Å². The zero-order chi connectivity index (χ0) is 17.6. The first kappa shape index (κ1) is 17.6. The summed E-state index contributed by atoms with van der Waals surface area (Å²) in [5.74, 6) is 1.59. The maximum atomic E-state index is 12.1. The molecule has 2 aromatic rings. The molecule has 1 aliphatic rings. The maximum absolute atomic E-state index is 12.1. The molecule has 1 amide bonds. The van der Waals surface area contributed by atoms with Crippen LogP contribution in [-0.2, 0) is 17.8 Å². The zero-order valence-electron chi connectivity index (χ0n) is 14.2. The lowest BCUT2D eigenvalue weighted by Crippen LogP contribution is -3.08. The van der Waals surface area contributed by atoms with Gasteiger partial charge in [0.1, 0.15) is 6.54 Å². The molecule has 3 rings (SSSR count). The van der Waals surface area contributed by atoms with E-state index in [1.54, 1.807) is 0 Å². The van der Waals surface area contributed by atoms with Crippen molar-refractivity contribution < 1.29 is 19.2 Å². The van der Waals surface area contributed by atoms with Crippen LogP contribution in [0.15, 0.2) is 42.5 Å². The topological polar surface area (TPSA) is 52.0 Å². The van der Waals surface area contributed by atoms with Gasteiger partial charge in [-0.25, -0.2) is 0 Å². The number of quaternary nitrogens is 1. The molecule has 5 nitrogen and oxygen atoms in total. The van der Waals surface area contributed by atoms with Gasteiger partial charge in [0, 0.05) is 17.1 Å². The number of nitrogens with one attached hydrogen (secondary N) is 2. The number of carbonyl (C=O) groups excluding carboxylic acids is 1. The molecule has 0 bridgehead atoms. The minimum Gasteiger partial charge on any atom is -0.454 e. The number of amides is 1. The number of rotatable bonds is 7. The standard InChI is InChI=1S/C19H21ClN2O3/c1-22(11-15-5-6-17-18(10-15)25-13-24-17)12-19(23)21-8-7-14-3-2-4-16(20)9-14/h2-6,9-10H,7-8,11-13H2,1H3,(H,21,23)/p+1. The van der Waals surface area contributed by atoms with Crippen LogP contribution in [0, 0.1) is 0 Å². The van der Waals surface area contributed by atoms with Crippen LogP contribution in [0.2, 0.25) is 5.02 Å². The van der Waals surface area contributed by atoms with Gasteiger partial charge in [-0.2, -0.15) is 0 Å². The molecule has 0 spiro atoms. The van der Waals surface area contributed by atoms with Crippen LogP contribution in [0.3, 0.4) is 0 Å². The Morgan fingerprint density at radius 2 is 2.00 bits per heavy atom. The summed E-state index contributed by atoms with van der Waals surface area (Å²) in [4.78, 5) is 13.2. The highest BCUT2D eigenvalue weighted by Crippen LogP contribution is 2.32. The largest absolute Gasteiger partial charge is 0.454 e. The summed E-state index contributed by atoms with van der Waals surface area (Å²) >= 11 is 5.96. The van der Waals surface area contributed by atoms with E-state index in [4.69, 9.17) is 21.1 Å².